The van der Waals surface area contributed by atoms with Crippen LogP contribution in [0.15, 0.2) is 47.4 Å². The van der Waals surface area contributed by atoms with Gasteiger partial charge in [-0.15, -0.1) is 0 Å². The largest absolute Gasteiger partial charge is 0.452 e. The van der Waals surface area contributed by atoms with Crippen LogP contribution in [0.25, 0.3) is 0 Å². The molecule has 0 spiro atoms. The lowest BCUT2D eigenvalue weighted by molar-refractivity contribution is -0.119. The summed E-state index contributed by atoms with van der Waals surface area (Å²) in [5, 5.41) is 2.11. The minimum atomic E-state index is -4.80. The average Bonchev–Trinajstić information content (AvgIpc) is 2.68. The standard InChI is InChI=1S/C17H12ClF4NO6S/c18-12-7-10(3-6-13(12)29-16(19)20)23-14(24)8-28-15(25)9-1-4-11(5-2-9)30(26,27)17(21)22/h1-7,16-17H,8H2,(H,23,24). The maximum absolute atomic E-state index is 12.5. The van der Waals surface area contributed by atoms with Gasteiger partial charge in [0, 0.05) is 5.69 Å². The molecule has 13 heteroatoms. The van der Waals surface area contributed by atoms with Gasteiger partial charge in [-0.25, -0.2) is 13.2 Å². The molecule has 2 aromatic carbocycles. The number of carbonyl (C=O) groups is 2. The fourth-order valence-corrected chi connectivity index (χ4v) is 3.01. The Morgan fingerprint density at radius 3 is 2.20 bits per heavy atom. The number of benzene rings is 2. The Hall–Kier alpha value is -2.86. The first-order chi connectivity index (χ1) is 14.0. The van der Waals surface area contributed by atoms with Gasteiger partial charge in [-0.3, -0.25) is 4.79 Å². The molecule has 0 fully saturated rings. The number of amides is 1. The van der Waals surface area contributed by atoms with Crippen LogP contribution in [0.4, 0.5) is 23.2 Å². The number of hydrogen-bond acceptors (Lipinski definition) is 6. The van der Waals surface area contributed by atoms with Gasteiger partial charge in [0.25, 0.3) is 5.91 Å². The van der Waals surface area contributed by atoms with Crippen molar-refractivity contribution in [2.45, 2.75) is 17.3 Å². The van der Waals surface area contributed by atoms with Gasteiger partial charge >= 0.3 is 18.3 Å². The van der Waals surface area contributed by atoms with Crippen molar-refractivity contribution in [2.75, 3.05) is 11.9 Å². The van der Waals surface area contributed by atoms with Crippen LogP contribution in [0, 0.1) is 0 Å². The molecule has 0 atom stereocenters. The first-order valence-corrected chi connectivity index (χ1v) is 9.76. The number of rotatable bonds is 8. The van der Waals surface area contributed by atoms with Gasteiger partial charge < -0.3 is 14.8 Å². The number of anilines is 1. The highest BCUT2D eigenvalue weighted by atomic mass is 35.5. The Morgan fingerprint density at radius 1 is 1.03 bits per heavy atom. The number of halogens is 5. The smallest absolute Gasteiger partial charge is 0.387 e. The Morgan fingerprint density at radius 2 is 1.67 bits per heavy atom. The van der Waals surface area contributed by atoms with Crippen LogP contribution >= 0.6 is 11.6 Å². The average molecular weight is 470 g/mol. The molecule has 2 rings (SSSR count). The molecule has 1 N–H and O–H groups in total. The summed E-state index contributed by atoms with van der Waals surface area (Å²) in [5.74, 6) is -5.71. The van der Waals surface area contributed by atoms with Gasteiger partial charge in [0.15, 0.2) is 6.61 Å². The van der Waals surface area contributed by atoms with E-state index < -0.39 is 45.6 Å². The number of carbonyl (C=O) groups excluding carboxylic acids is 2. The molecule has 0 saturated carbocycles. The van der Waals surface area contributed by atoms with E-state index in [0.29, 0.717) is 0 Å². The number of ether oxygens (including phenoxy) is 2. The third-order valence-corrected chi connectivity index (χ3v) is 5.11. The monoisotopic (exact) mass is 469 g/mol. The van der Waals surface area contributed by atoms with Crippen molar-refractivity contribution >= 4 is 39.0 Å². The van der Waals surface area contributed by atoms with Gasteiger partial charge in [-0.2, -0.15) is 17.6 Å². The highest BCUT2D eigenvalue weighted by Crippen LogP contribution is 2.29. The highest BCUT2D eigenvalue weighted by Gasteiger charge is 2.26. The SMILES string of the molecule is O=C(COC(=O)c1ccc(S(=O)(=O)C(F)F)cc1)Nc1ccc(OC(F)F)c(Cl)c1. The summed E-state index contributed by atoms with van der Waals surface area (Å²) >= 11 is 5.74. The van der Waals surface area contributed by atoms with E-state index >= 15 is 0 Å². The van der Waals surface area contributed by atoms with Gasteiger partial charge in [0.1, 0.15) is 5.75 Å². The second-order valence-electron chi connectivity index (χ2n) is 5.48. The molecule has 1 amide bonds. The Kier molecular flexibility index (Phi) is 7.62. The summed E-state index contributed by atoms with van der Waals surface area (Å²) < 4.78 is 80.8. The molecule has 7 nitrogen and oxygen atoms in total. The number of sulfone groups is 1. The molecule has 0 aliphatic carbocycles. The van der Waals surface area contributed by atoms with Crippen molar-refractivity contribution in [3.05, 3.63) is 53.1 Å². The number of alkyl halides is 4. The third kappa shape index (κ3) is 6.07. The number of hydrogen-bond donors (Lipinski definition) is 1. The van der Waals surface area contributed by atoms with Crippen molar-refractivity contribution in [3.8, 4) is 5.75 Å². The second-order valence-corrected chi connectivity index (χ2v) is 7.80. The maximum Gasteiger partial charge on any atom is 0.387 e. The predicted octanol–water partition coefficient (Wildman–Crippen LogP) is 3.73. The Bertz CT molecular complexity index is 1030. The molecule has 162 valence electrons. The van der Waals surface area contributed by atoms with E-state index in [1.54, 1.807) is 0 Å². The molecule has 0 aliphatic heterocycles. The topological polar surface area (TPSA) is 98.8 Å². The van der Waals surface area contributed by atoms with Crippen LogP contribution < -0.4 is 10.1 Å². The zero-order chi connectivity index (χ0) is 22.5. The molecule has 0 heterocycles. The highest BCUT2D eigenvalue weighted by molar-refractivity contribution is 7.91. The van der Waals surface area contributed by atoms with E-state index in [-0.39, 0.29) is 22.0 Å². The summed E-state index contributed by atoms with van der Waals surface area (Å²) in [5.41, 5.74) is -0.0585. The van der Waals surface area contributed by atoms with Gasteiger partial charge in [0.2, 0.25) is 9.84 Å². The number of nitrogens with one attached hydrogen (secondary N) is 1. The van der Waals surface area contributed by atoms with Crippen LogP contribution in [-0.2, 0) is 19.4 Å². The van der Waals surface area contributed by atoms with Crippen LogP contribution in [0.3, 0.4) is 0 Å². The maximum atomic E-state index is 12.5. The van der Waals surface area contributed by atoms with E-state index in [0.717, 1.165) is 36.4 Å². The molecular weight excluding hydrogens is 458 g/mol. The summed E-state index contributed by atoms with van der Waals surface area (Å²) in [7, 11) is -4.80. The molecule has 30 heavy (non-hydrogen) atoms. The molecule has 0 unspecified atom stereocenters. The number of esters is 1. The van der Waals surface area contributed by atoms with Crippen LogP contribution in [0.1, 0.15) is 10.4 Å². The molecule has 0 saturated heterocycles. The van der Waals surface area contributed by atoms with Gasteiger partial charge in [-0.1, -0.05) is 11.6 Å². The van der Waals surface area contributed by atoms with E-state index in [4.69, 9.17) is 16.3 Å². The van der Waals surface area contributed by atoms with E-state index in [1.807, 2.05) is 0 Å². The van der Waals surface area contributed by atoms with E-state index in [1.165, 1.54) is 6.07 Å². The third-order valence-electron chi connectivity index (χ3n) is 3.42. The fourth-order valence-electron chi connectivity index (χ4n) is 2.07. The fraction of sp³-hybridized carbons (Fsp3) is 0.176. The summed E-state index contributed by atoms with van der Waals surface area (Å²) in [6.45, 7) is -3.82. The molecule has 0 bridgehead atoms. The van der Waals surface area contributed by atoms with Gasteiger partial charge in [0.05, 0.1) is 15.5 Å². The minimum Gasteiger partial charge on any atom is -0.452 e. The summed E-state index contributed by atoms with van der Waals surface area (Å²) in [6.07, 6.45) is 0. The zero-order valence-electron chi connectivity index (χ0n) is 14.7. The lowest BCUT2D eigenvalue weighted by Crippen LogP contribution is -2.21. The van der Waals surface area contributed by atoms with Crippen LogP contribution in [0.5, 0.6) is 5.75 Å². The summed E-state index contributed by atoms with van der Waals surface area (Å²) in [4.78, 5) is 23.0. The lowest BCUT2D eigenvalue weighted by Gasteiger charge is -2.10. The Labute approximate surface area is 172 Å². The van der Waals surface area contributed by atoms with Crippen molar-refractivity contribution in [3.63, 3.8) is 0 Å². The zero-order valence-corrected chi connectivity index (χ0v) is 16.2. The second kappa shape index (κ2) is 9.76. The molecule has 2 aromatic rings. The van der Waals surface area contributed by atoms with E-state index in [2.05, 4.69) is 10.1 Å². The van der Waals surface area contributed by atoms with Crippen LogP contribution in [-0.4, -0.2) is 39.3 Å². The normalized spacial score (nSPS) is 11.4. The molecule has 0 radical (unpaired) electrons. The van der Waals surface area contributed by atoms with Crippen molar-refractivity contribution in [1.29, 1.82) is 0 Å². The molecule has 0 aromatic heterocycles. The first-order valence-electron chi connectivity index (χ1n) is 7.84. The van der Waals surface area contributed by atoms with Crippen LogP contribution in [0.2, 0.25) is 5.02 Å². The summed E-state index contributed by atoms with van der Waals surface area (Å²) in [6, 6.07) is 7.00. The van der Waals surface area contributed by atoms with Gasteiger partial charge in [-0.05, 0) is 42.5 Å². The van der Waals surface area contributed by atoms with Crippen molar-refractivity contribution < 1.29 is 45.0 Å². The quantitative estimate of drug-likeness (QED) is 0.467. The Balaban J connectivity index is 1.93. The van der Waals surface area contributed by atoms with Crippen molar-refractivity contribution in [1.82, 2.24) is 0 Å². The molecular formula is C17H12ClF4NO6S. The van der Waals surface area contributed by atoms with Crippen molar-refractivity contribution in [2.24, 2.45) is 0 Å². The minimum absolute atomic E-state index is 0.115. The lowest BCUT2D eigenvalue weighted by atomic mass is 10.2. The van der Waals surface area contributed by atoms with E-state index in [9.17, 15) is 35.6 Å². The first kappa shape index (κ1) is 23.4. The predicted molar refractivity (Wildman–Crippen MR) is 96.6 cm³/mol. The molecule has 0 aliphatic rings.